The normalized spacial score (nSPS) is 16.3. The molecule has 0 unspecified atom stereocenters. The Morgan fingerprint density at radius 3 is 1.74 bits per heavy atom. The Hall–Kier alpha value is -2.75. The summed E-state index contributed by atoms with van der Waals surface area (Å²) in [5, 5.41) is 0. The summed E-state index contributed by atoms with van der Waals surface area (Å²) in [5.74, 6) is 1.61. The standard InChI is InChI=1S/C19H19NO3/c21-15-20-13-16-7-1-3-9-18(16)22-11-5-6-12-23-19-10-4-2-8-17(19)14-20/h1-10,15H,11-14H2/b6-5-. The fourth-order valence-electron chi connectivity index (χ4n) is 2.53. The second kappa shape index (κ2) is 7.49. The molecule has 0 N–H and O–H groups in total. The van der Waals surface area contributed by atoms with Crippen LogP contribution in [0.15, 0.2) is 60.7 Å². The molecule has 118 valence electrons. The smallest absolute Gasteiger partial charge is 0.210 e. The van der Waals surface area contributed by atoms with Crippen LogP contribution in [-0.4, -0.2) is 24.5 Å². The molecular formula is C19H19NO3. The molecule has 23 heavy (non-hydrogen) atoms. The molecule has 2 aromatic carbocycles. The van der Waals surface area contributed by atoms with Crippen LogP contribution < -0.4 is 9.47 Å². The zero-order chi connectivity index (χ0) is 15.9. The van der Waals surface area contributed by atoms with E-state index in [0.29, 0.717) is 26.3 Å². The number of benzene rings is 2. The number of rotatable bonds is 1. The minimum Gasteiger partial charge on any atom is -0.489 e. The van der Waals surface area contributed by atoms with Gasteiger partial charge in [0.1, 0.15) is 24.7 Å². The van der Waals surface area contributed by atoms with Crippen LogP contribution in [0.5, 0.6) is 11.5 Å². The minimum absolute atomic E-state index is 0.475. The Labute approximate surface area is 135 Å². The van der Waals surface area contributed by atoms with Crippen molar-refractivity contribution in [2.45, 2.75) is 13.1 Å². The fourth-order valence-corrected chi connectivity index (χ4v) is 2.53. The maximum atomic E-state index is 11.5. The number of carbonyl (C=O) groups is 1. The monoisotopic (exact) mass is 309 g/mol. The van der Waals surface area contributed by atoms with Gasteiger partial charge in [0.15, 0.2) is 0 Å². The van der Waals surface area contributed by atoms with E-state index in [1.165, 1.54) is 0 Å². The molecule has 0 radical (unpaired) electrons. The summed E-state index contributed by atoms with van der Waals surface area (Å²) in [5.41, 5.74) is 1.98. The molecule has 0 saturated heterocycles. The number of para-hydroxylation sites is 2. The summed E-state index contributed by atoms with van der Waals surface area (Å²) in [6.07, 6.45) is 4.75. The lowest BCUT2D eigenvalue weighted by atomic mass is 10.1. The van der Waals surface area contributed by atoms with Gasteiger partial charge in [-0.1, -0.05) is 36.4 Å². The molecule has 4 heteroatoms. The van der Waals surface area contributed by atoms with Gasteiger partial charge < -0.3 is 14.4 Å². The molecule has 1 aliphatic heterocycles. The molecule has 0 fully saturated rings. The van der Waals surface area contributed by atoms with Gasteiger partial charge in [0.2, 0.25) is 6.41 Å². The highest BCUT2D eigenvalue weighted by Gasteiger charge is 2.12. The quantitative estimate of drug-likeness (QED) is 0.600. The third-order valence-electron chi connectivity index (χ3n) is 3.68. The first-order valence-electron chi connectivity index (χ1n) is 7.62. The Morgan fingerprint density at radius 1 is 0.783 bits per heavy atom. The lowest BCUT2D eigenvalue weighted by Gasteiger charge is -2.20. The van der Waals surface area contributed by atoms with Crippen molar-refractivity contribution < 1.29 is 14.3 Å². The van der Waals surface area contributed by atoms with E-state index in [-0.39, 0.29) is 0 Å². The predicted octanol–water partition coefficient (Wildman–Crippen LogP) is 3.17. The largest absolute Gasteiger partial charge is 0.489 e. The van der Waals surface area contributed by atoms with Gasteiger partial charge in [0.25, 0.3) is 0 Å². The van der Waals surface area contributed by atoms with Gasteiger partial charge >= 0.3 is 0 Å². The molecule has 4 nitrogen and oxygen atoms in total. The molecule has 0 bridgehead atoms. The number of hydrogen-bond acceptors (Lipinski definition) is 3. The number of amides is 1. The molecule has 1 aliphatic rings. The zero-order valence-corrected chi connectivity index (χ0v) is 12.9. The highest BCUT2D eigenvalue weighted by Crippen LogP contribution is 2.23. The van der Waals surface area contributed by atoms with Crippen LogP contribution in [0.1, 0.15) is 11.1 Å². The van der Waals surface area contributed by atoms with E-state index >= 15 is 0 Å². The lowest BCUT2D eigenvalue weighted by Crippen LogP contribution is -2.21. The van der Waals surface area contributed by atoms with E-state index < -0.39 is 0 Å². The van der Waals surface area contributed by atoms with E-state index in [1.807, 2.05) is 60.7 Å². The SMILES string of the molecule is O=CN1Cc2ccccc2OC/C=C\COc2ccccc2C1. The maximum absolute atomic E-state index is 11.5. The first-order chi connectivity index (χ1) is 11.4. The van der Waals surface area contributed by atoms with Crippen molar-refractivity contribution in [1.29, 1.82) is 0 Å². The maximum Gasteiger partial charge on any atom is 0.210 e. The summed E-state index contributed by atoms with van der Waals surface area (Å²) >= 11 is 0. The van der Waals surface area contributed by atoms with Crippen LogP contribution in [0.4, 0.5) is 0 Å². The molecule has 1 heterocycles. The molecule has 0 spiro atoms. The number of hydrogen-bond donors (Lipinski definition) is 0. The third kappa shape index (κ3) is 3.92. The van der Waals surface area contributed by atoms with Gasteiger partial charge in [0, 0.05) is 24.2 Å². The molecule has 0 saturated carbocycles. The van der Waals surface area contributed by atoms with Crippen molar-refractivity contribution in [2.75, 3.05) is 13.2 Å². The van der Waals surface area contributed by atoms with E-state index in [1.54, 1.807) is 4.90 Å². The van der Waals surface area contributed by atoms with Crippen molar-refractivity contribution in [3.05, 3.63) is 71.8 Å². The summed E-state index contributed by atoms with van der Waals surface area (Å²) in [6.45, 7) is 1.95. The highest BCUT2D eigenvalue weighted by atomic mass is 16.5. The van der Waals surface area contributed by atoms with E-state index in [2.05, 4.69) is 0 Å². The molecule has 2 aromatic rings. The van der Waals surface area contributed by atoms with Crippen molar-refractivity contribution in [2.24, 2.45) is 0 Å². The number of carbonyl (C=O) groups excluding carboxylic acids is 1. The van der Waals surface area contributed by atoms with Crippen molar-refractivity contribution in [1.82, 2.24) is 4.90 Å². The Bertz CT molecular complexity index is 641. The van der Waals surface area contributed by atoms with Gasteiger partial charge in [-0.3, -0.25) is 4.79 Å². The number of nitrogens with zero attached hydrogens (tertiary/aromatic N) is 1. The first kappa shape index (κ1) is 15.2. The Balaban J connectivity index is 1.92. The summed E-state index contributed by atoms with van der Waals surface area (Å²) in [6, 6.07) is 15.6. The second-order valence-corrected chi connectivity index (χ2v) is 5.32. The third-order valence-corrected chi connectivity index (χ3v) is 3.68. The summed E-state index contributed by atoms with van der Waals surface area (Å²) in [4.78, 5) is 13.2. The van der Waals surface area contributed by atoms with E-state index in [4.69, 9.17) is 9.47 Å². The molecule has 0 atom stereocenters. The fraction of sp³-hybridized carbons (Fsp3) is 0.211. The molecule has 3 rings (SSSR count). The number of fused-ring (bicyclic) bond motifs is 2. The predicted molar refractivity (Wildman–Crippen MR) is 88.3 cm³/mol. The number of ether oxygens (including phenoxy) is 2. The Kier molecular flexibility index (Phi) is 4.94. The van der Waals surface area contributed by atoms with Crippen LogP contribution >= 0.6 is 0 Å². The van der Waals surface area contributed by atoms with Gasteiger partial charge in [-0.15, -0.1) is 0 Å². The van der Waals surface area contributed by atoms with Crippen molar-refractivity contribution in [3.63, 3.8) is 0 Å². The zero-order valence-electron chi connectivity index (χ0n) is 12.9. The van der Waals surface area contributed by atoms with Crippen LogP contribution in [-0.2, 0) is 17.9 Å². The van der Waals surface area contributed by atoms with Gasteiger partial charge in [0.05, 0.1) is 0 Å². The van der Waals surface area contributed by atoms with E-state index in [9.17, 15) is 4.79 Å². The lowest BCUT2D eigenvalue weighted by molar-refractivity contribution is -0.119. The first-order valence-corrected chi connectivity index (χ1v) is 7.62. The van der Waals surface area contributed by atoms with Gasteiger partial charge in [-0.2, -0.15) is 0 Å². The van der Waals surface area contributed by atoms with Crippen molar-refractivity contribution in [3.8, 4) is 11.5 Å². The summed E-state index contributed by atoms with van der Waals surface area (Å²) < 4.78 is 11.6. The average molecular weight is 309 g/mol. The van der Waals surface area contributed by atoms with Gasteiger partial charge in [-0.25, -0.2) is 0 Å². The molecule has 0 aliphatic carbocycles. The van der Waals surface area contributed by atoms with Gasteiger partial charge in [-0.05, 0) is 24.3 Å². The van der Waals surface area contributed by atoms with Crippen LogP contribution in [0.2, 0.25) is 0 Å². The molecular weight excluding hydrogens is 290 g/mol. The molecule has 1 amide bonds. The Morgan fingerprint density at radius 2 is 1.26 bits per heavy atom. The minimum atomic E-state index is 0.475. The van der Waals surface area contributed by atoms with E-state index in [0.717, 1.165) is 29.0 Å². The average Bonchev–Trinajstić information content (AvgIpc) is 2.60. The summed E-state index contributed by atoms with van der Waals surface area (Å²) in [7, 11) is 0. The topological polar surface area (TPSA) is 38.8 Å². The molecule has 0 aromatic heterocycles. The van der Waals surface area contributed by atoms with Crippen molar-refractivity contribution >= 4 is 6.41 Å². The second-order valence-electron chi connectivity index (χ2n) is 5.32. The highest BCUT2D eigenvalue weighted by molar-refractivity contribution is 5.49. The van der Waals surface area contributed by atoms with Crippen LogP contribution in [0.25, 0.3) is 0 Å². The van der Waals surface area contributed by atoms with Crippen LogP contribution in [0, 0.1) is 0 Å². The van der Waals surface area contributed by atoms with Crippen LogP contribution in [0.3, 0.4) is 0 Å².